The summed E-state index contributed by atoms with van der Waals surface area (Å²) in [5, 5.41) is -0.571. The lowest BCUT2D eigenvalue weighted by atomic mass is 10.2. The molecule has 0 radical (unpaired) electrons. The Balaban J connectivity index is 2.26. The molecule has 2 aromatic rings. The summed E-state index contributed by atoms with van der Waals surface area (Å²) in [5.74, 6) is -4.47. The molecule has 1 aliphatic rings. The van der Waals surface area contributed by atoms with Crippen molar-refractivity contribution in [2.75, 3.05) is 20.2 Å². The van der Waals surface area contributed by atoms with Crippen LogP contribution in [0.25, 0.3) is 11.0 Å². The van der Waals surface area contributed by atoms with Crippen LogP contribution in [0.4, 0.5) is 30.7 Å². The molecule has 0 fully saturated rings. The number of benzene rings is 1. The maximum Gasteiger partial charge on any atom is 0.507 e. The van der Waals surface area contributed by atoms with Gasteiger partial charge in [0.05, 0.1) is 25.3 Å². The van der Waals surface area contributed by atoms with Crippen molar-refractivity contribution >= 4 is 28.6 Å². The topological polar surface area (TPSA) is 65.8 Å². The average Bonchev–Trinajstić information content (AvgIpc) is 3.03. The average molecular weight is 480 g/mol. The highest BCUT2D eigenvalue weighted by atomic mass is 35.5. The molecule has 2 heterocycles. The number of carbonyl (C=O) groups excluding carboxylic acids is 1. The van der Waals surface area contributed by atoms with Gasteiger partial charge in [0.2, 0.25) is 5.82 Å². The van der Waals surface area contributed by atoms with Crippen molar-refractivity contribution in [2.45, 2.75) is 32.0 Å². The van der Waals surface area contributed by atoms with Gasteiger partial charge in [-0.25, -0.2) is 4.98 Å². The highest BCUT2D eigenvalue weighted by Gasteiger charge is 2.66. The number of hydrogen-bond donors (Lipinski definition) is 0. The molecule has 31 heavy (non-hydrogen) atoms. The largest absolute Gasteiger partial charge is 0.507 e. The molecule has 3 rings (SSSR count). The molecule has 0 atom stereocenters. The van der Waals surface area contributed by atoms with Crippen molar-refractivity contribution in [3.8, 4) is 11.5 Å². The minimum atomic E-state index is -5.19. The van der Waals surface area contributed by atoms with Crippen LogP contribution in [0.3, 0.4) is 0 Å². The fourth-order valence-corrected chi connectivity index (χ4v) is 3.07. The zero-order chi connectivity index (χ0) is 23.4. The van der Waals surface area contributed by atoms with Crippen molar-refractivity contribution < 1.29 is 49.7 Å². The molecule has 0 bridgehead atoms. The number of fused-ring (bicyclic) bond motifs is 3. The van der Waals surface area contributed by atoms with Crippen molar-refractivity contribution in [1.29, 1.82) is 0 Å². The second kappa shape index (κ2) is 7.58. The third kappa shape index (κ3) is 4.05. The van der Waals surface area contributed by atoms with Crippen LogP contribution in [0, 0.1) is 0 Å². The van der Waals surface area contributed by atoms with Gasteiger partial charge in [0.25, 0.3) is 0 Å². The van der Waals surface area contributed by atoms with E-state index in [4.69, 9.17) is 11.6 Å². The SMILES string of the molecule is CCN(CC(=O)OC)Cn1c(C(F)(F)F)nc2c(Cl)cc3c(c21)OC(F)(F)C(F)(F)O3. The van der Waals surface area contributed by atoms with Crippen LogP contribution >= 0.6 is 11.6 Å². The smallest absolute Gasteiger partial charge is 0.468 e. The van der Waals surface area contributed by atoms with Gasteiger partial charge in [0.1, 0.15) is 11.0 Å². The van der Waals surface area contributed by atoms with Crippen LogP contribution in [0.1, 0.15) is 12.7 Å². The maximum absolute atomic E-state index is 13.8. The maximum atomic E-state index is 13.8. The van der Waals surface area contributed by atoms with Crippen molar-refractivity contribution in [2.24, 2.45) is 0 Å². The van der Waals surface area contributed by atoms with E-state index < -0.39 is 71.0 Å². The Kier molecular flexibility index (Phi) is 5.67. The molecule has 0 spiro atoms. The predicted octanol–water partition coefficient (Wildman–Crippen LogP) is 4.12. The molecular formula is C16H13ClF7N3O4. The van der Waals surface area contributed by atoms with Crippen molar-refractivity contribution in [1.82, 2.24) is 14.5 Å². The summed E-state index contributed by atoms with van der Waals surface area (Å²) in [6, 6.07) is 0.603. The summed E-state index contributed by atoms with van der Waals surface area (Å²) in [7, 11) is 1.06. The Hall–Kier alpha value is -2.48. The molecule has 0 saturated heterocycles. The molecule has 1 aromatic heterocycles. The number of nitrogens with zero attached hydrogens (tertiary/aromatic N) is 3. The number of hydrogen-bond acceptors (Lipinski definition) is 6. The number of rotatable bonds is 5. The van der Waals surface area contributed by atoms with Crippen molar-refractivity contribution in [3.63, 3.8) is 0 Å². The van der Waals surface area contributed by atoms with E-state index in [1.165, 1.54) is 6.92 Å². The van der Waals surface area contributed by atoms with Gasteiger partial charge in [-0.2, -0.15) is 30.7 Å². The highest BCUT2D eigenvalue weighted by molar-refractivity contribution is 6.35. The summed E-state index contributed by atoms with van der Waals surface area (Å²) >= 11 is 5.87. The summed E-state index contributed by atoms with van der Waals surface area (Å²) in [5.41, 5.74) is -1.39. The second-order valence-electron chi connectivity index (χ2n) is 6.34. The summed E-state index contributed by atoms with van der Waals surface area (Å²) in [4.78, 5) is 16.1. The number of methoxy groups -OCH3 is 1. The van der Waals surface area contributed by atoms with Gasteiger partial charge in [-0.05, 0) is 6.54 Å². The number of aromatic nitrogens is 2. The summed E-state index contributed by atoms with van der Waals surface area (Å²) < 4.78 is 108. The zero-order valence-electron chi connectivity index (χ0n) is 15.7. The monoisotopic (exact) mass is 479 g/mol. The van der Waals surface area contributed by atoms with Crippen LogP contribution in [-0.4, -0.2) is 52.8 Å². The van der Waals surface area contributed by atoms with E-state index >= 15 is 0 Å². The van der Waals surface area contributed by atoms with E-state index in [9.17, 15) is 35.5 Å². The number of esters is 1. The third-order valence-corrected chi connectivity index (χ3v) is 4.61. The van der Waals surface area contributed by atoms with Gasteiger partial charge in [-0.15, -0.1) is 0 Å². The number of ether oxygens (including phenoxy) is 3. The Morgan fingerprint density at radius 2 is 1.87 bits per heavy atom. The molecule has 172 valence electrons. The molecule has 0 saturated carbocycles. The predicted molar refractivity (Wildman–Crippen MR) is 90.2 cm³/mol. The van der Waals surface area contributed by atoms with E-state index in [0.717, 1.165) is 12.0 Å². The standard InChI is InChI=1S/C16H13ClF7N3O4/c1-3-26(5-9(28)29-2)6-27-11-10(25-13(27)14(18,19)20)7(17)4-8-12(11)31-16(23,24)15(21,22)30-8/h4H,3,5-6H2,1-2H3. The Labute approximate surface area is 174 Å². The molecule has 1 aliphatic heterocycles. The Morgan fingerprint density at radius 1 is 1.26 bits per heavy atom. The van der Waals surface area contributed by atoms with Gasteiger partial charge in [0.15, 0.2) is 11.5 Å². The Bertz CT molecular complexity index is 1030. The van der Waals surface area contributed by atoms with E-state index in [-0.39, 0.29) is 6.54 Å². The van der Waals surface area contributed by atoms with E-state index in [1.807, 2.05) is 0 Å². The first-order valence-electron chi connectivity index (χ1n) is 8.44. The van der Waals surface area contributed by atoms with E-state index in [2.05, 4.69) is 19.2 Å². The highest BCUT2D eigenvalue weighted by Crippen LogP contribution is 2.52. The molecule has 1 aromatic carbocycles. The lowest BCUT2D eigenvalue weighted by Gasteiger charge is -2.32. The van der Waals surface area contributed by atoms with Crippen LogP contribution in [0.15, 0.2) is 6.07 Å². The Morgan fingerprint density at radius 3 is 2.42 bits per heavy atom. The number of halogens is 8. The molecule has 0 unspecified atom stereocenters. The minimum absolute atomic E-state index is 0.0282. The minimum Gasteiger partial charge on any atom is -0.468 e. The number of carbonyl (C=O) groups is 1. The number of likely N-dealkylation sites (N-methyl/N-ethyl adjacent to an activating group) is 1. The second-order valence-corrected chi connectivity index (χ2v) is 6.75. The van der Waals surface area contributed by atoms with E-state index in [1.54, 1.807) is 0 Å². The van der Waals surface area contributed by atoms with Crippen LogP contribution in [0.2, 0.25) is 5.02 Å². The fourth-order valence-electron chi connectivity index (χ4n) is 2.84. The quantitative estimate of drug-likeness (QED) is 0.475. The first kappa shape index (κ1) is 23.2. The molecular weight excluding hydrogens is 467 g/mol. The van der Waals surface area contributed by atoms with Crippen molar-refractivity contribution in [3.05, 3.63) is 16.9 Å². The van der Waals surface area contributed by atoms with Gasteiger partial charge in [-0.3, -0.25) is 9.69 Å². The van der Waals surface area contributed by atoms with Crippen LogP contribution in [0.5, 0.6) is 11.5 Å². The molecule has 15 heteroatoms. The normalized spacial score (nSPS) is 17.3. The van der Waals surface area contributed by atoms with Gasteiger partial charge in [0, 0.05) is 6.07 Å². The fraction of sp³-hybridized carbons (Fsp3) is 0.500. The number of alkyl halides is 7. The first-order chi connectivity index (χ1) is 14.2. The number of imidazole rings is 1. The lowest BCUT2D eigenvalue weighted by molar-refractivity contribution is -0.391. The molecule has 0 aliphatic carbocycles. The molecule has 7 nitrogen and oxygen atoms in total. The van der Waals surface area contributed by atoms with Gasteiger partial charge in [-0.1, -0.05) is 18.5 Å². The third-order valence-electron chi connectivity index (χ3n) is 4.32. The van der Waals surface area contributed by atoms with Crippen LogP contribution < -0.4 is 9.47 Å². The van der Waals surface area contributed by atoms with Gasteiger partial charge >= 0.3 is 24.4 Å². The molecule has 0 amide bonds. The first-order valence-corrected chi connectivity index (χ1v) is 8.82. The summed E-state index contributed by atoms with van der Waals surface area (Å²) in [6.07, 6.45) is -15.4. The van der Waals surface area contributed by atoms with E-state index in [0.29, 0.717) is 10.6 Å². The van der Waals surface area contributed by atoms with Gasteiger partial charge < -0.3 is 18.8 Å². The van der Waals surface area contributed by atoms with Crippen LogP contribution in [-0.2, 0) is 22.4 Å². The molecule has 0 N–H and O–H groups in total. The summed E-state index contributed by atoms with van der Waals surface area (Å²) in [6.45, 7) is 0.361. The lowest BCUT2D eigenvalue weighted by Crippen LogP contribution is -2.52. The zero-order valence-corrected chi connectivity index (χ0v) is 16.5.